The van der Waals surface area contributed by atoms with Crippen molar-refractivity contribution in [1.82, 2.24) is 15.1 Å². The average molecular weight is 329 g/mol. The van der Waals surface area contributed by atoms with Gasteiger partial charge in [-0.25, -0.2) is 13.6 Å². The third-order valence-corrected chi connectivity index (χ3v) is 5.41. The van der Waals surface area contributed by atoms with Crippen molar-refractivity contribution in [2.75, 3.05) is 19.6 Å². The van der Waals surface area contributed by atoms with Crippen LogP contribution >= 0.6 is 0 Å². The predicted molar refractivity (Wildman–Crippen MR) is 81.2 cm³/mol. The lowest BCUT2D eigenvalue weighted by Crippen LogP contribution is -2.51. The summed E-state index contributed by atoms with van der Waals surface area (Å²) < 4.78 is 25.1. The van der Waals surface area contributed by atoms with Crippen LogP contribution in [0.4, 0.5) is 13.6 Å². The molecule has 3 aliphatic heterocycles. The van der Waals surface area contributed by atoms with Crippen molar-refractivity contribution < 1.29 is 18.4 Å². The first kappa shape index (κ1) is 16.5. The lowest BCUT2D eigenvalue weighted by Gasteiger charge is -2.39. The Balaban J connectivity index is 1.49. The van der Waals surface area contributed by atoms with Gasteiger partial charge >= 0.3 is 6.03 Å². The van der Waals surface area contributed by atoms with Crippen LogP contribution in [0.25, 0.3) is 0 Å². The molecule has 2 bridgehead atoms. The van der Waals surface area contributed by atoms with E-state index in [-0.39, 0.29) is 42.9 Å². The average Bonchev–Trinajstić information content (AvgIpc) is 3.11. The normalized spacial score (nSPS) is 30.1. The largest absolute Gasteiger partial charge is 0.335 e. The lowest BCUT2D eigenvalue weighted by atomic mass is 9.88. The molecule has 3 heterocycles. The van der Waals surface area contributed by atoms with E-state index < -0.39 is 6.43 Å². The summed E-state index contributed by atoms with van der Waals surface area (Å²) in [7, 11) is 0. The number of rotatable bonds is 4. The Morgan fingerprint density at radius 2 is 1.70 bits per heavy atom. The number of piperidine rings is 1. The molecule has 1 N–H and O–H groups in total. The van der Waals surface area contributed by atoms with Crippen molar-refractivity contribution in [1.29, 1.82) is 0 Å². The van der Waals surface area contributed by atoms with Crippen molar-refractivity contribution >= 4 is 11.9 Å². The Labute approximate surface area is 135 Å². The first-order chi connectivity index (χ1) is 11.0. The van der Waals surface area contributed by atoms with Crippen molar-refractivity contribution in [3.05, 3.63) is 0 Å². The van der Waals surface area contributed by atoms with E-state index in [0.29, 0.717) is 12.8 Å². The van der Waals surface area contributed by atoms with Gasteiger partial charge in [-0.15, -0.1) is 0 Å². The molecule has 23 heavy (non-hydrogen) atoms. The van der Waals surface area contributed by atoms with Crippen LogP contribution in [0.1, 0.15) is 44.9 Å². The van der Waals surface area contributed by atoms with E-state index in [0.717, 1.165) is 38.8 Å². The van der Waals surface area contributed by atoms with Crippen molar-refractivity contribution in [3.8, 4) is 0 Å². The maximum atomic E-state index is 12.6. The van der Waals surface area contributed by atoms with Gasteiger partial charge in [0.15, 0.2) is 0 Å². The van der Waals surface area contributed by atoms with Gasteiger partial charge in [0, 0.05) is 31.6 Å². The van der Waals surface area contributed by atoms with Crippen LogP contribution in [0, 0.1) is 5.92 Å². The van der Waals surface area contributed by atoms with Crippen LogP contribution in [-0.4, -0.2) is 59.9 Å². The number of hydrogen-bond acceptors (Lipinski definition) is 2. The zero-order valence-corrected chi connectivity index (χ0v) is 13.3. The zero-order chi connectivity index (χ0) is 16.4. The summed E-state index contributed by atoms with van der Waals surface area (Å²) >= 11 is 0. The quantitative estimate of drug-likeness (QED) is 0.860. The first-order valence-corrected chi connectivity index (χ1v) is 8.66. The summed E-state index contributed by atoms with van der Waals surface area (Å²) in [6.45, 7) is 1.52. The maximum Gasteiger partial charge on any atom is 0.317 e. The summed E-state index contributed by atoms with van der Waals surface area (Å²) in [5, 5.41) is 2.71. The third kappa shape index (κ3) is 3.75. The number of carbonyl (C=O) groups is 2. The second-order valence-corrected chi connectivity index (χ2v) is 7.00. The Kier molecular flexibility index (Phi) is 5.02. The van der Waals surface area contributed by atoms with Crippen molar-refractivity contribution in [2.24, 2.45) is 5.92 Å². The summed E-state index contributed by atoms with van der Waals surface area (Å²) in [5.41, 5.74) is 0. The highest BCUT2D eigenvalue weighted by Crippen LogP contribution is 2.40. The minimum atomic E-state index is -2.26. The standard InChI is InChI=1S/C16H25F2N3O2/c17-14(18)9-11-7-12-3-4-13(8-11)21(12)15(22)10-19-16(23)20-5-1-2-6-20/h11-14H,1-10H2,(H,19,23). The fourth-order valence-electron chi connectivity index (χ4n) is 4.42. The lowest BCUT2D eigenvalue weighted by molar-refractivity contribution is -0.135. The molecule has 3 fully saturated rings. The topological polar surface area (TPSA) is 52.7 Å². The molecule has 0 aromatic heterocycles. The molecule has 130 valence electrons. The van der Waals surface area contributed by atoms with E-state index in [1.807, 2.05) is 4.90 Å². The Hall–Kier alpha value is -1.40. The molecule has 3 rings (SSSR count). The van der Waals surface area contributed by atoms with Gasteiger partial charge in [0.25, 0.3) is 0 Å². The summed E-state index contributed by atoms with van der Waals surface area (Å²) in [6.07, 6.45) is 2.86. The van der Waals surface area contributed by atoms with Gasteiger partial charge in [0.05, 0.1) is 6.54 Å². The molecule has 0 radical (unpaired) electrons. The SMILES string of the molecule is O=C(NCC(=O)N1C2CCC1CC(CC(F)F)C2)N1CCCC1. The van der Waals surface area contributed by atoms with Crippen LogP contribution in [0.3, 0.4) is 0 Å². The Morgan fingerprint density at radius 3 is 2.26 bits per heavy atom. The highest BCUT2D eigenvalue weighted by Gasteiger charge is 2.43. The first-order valence-electron chi connectivity index (χ1n) is 8.66. The second kappa shape index (κ2) is 7.01. The van der Waals surface area contributed by atoms with Gasteiger partial charge in [0.1, 0.15) is 0 Å². The van der Waals surface area contributed by atoms with E-state index in [4.69, 9.17) is 0 Å². The summed E-state index contributed by atoms with van der Waals surface area (Å²) in [6, 6.07) is -0.0156. The minimum absolute atomic E-state index is 0.0157. The van der Waals surface area contributed by atoms with E-state index in [2.05, 4.69) is 5.32 Å². The van der Waals surface area contributed by atoms with E-state index >= 15 is 0 Å². The number of halogens is 2. The van der Waals surface area contributed by atoms with Gasteiger partial charge in [-0.3, -0.25) is 4.79 Å². The minimum Gasteiger partial charge on any atom is -0.335 e. The number of hydrogen-bond donors (Lipinski definition) is 1. The highest BCUT2D eigenvalue weighted by atomic mass is 19.3. The van der Waals surface area contributed by atoms with Crippen LogP contribution in [-0.2, 0) is 4.79 Å². The molecular formula is C16H25F2N3O2. The Bertz CT molecular complexity index is 441. The highest BCUT2D eigenvalue weighted by molar-refractivity contribution is 5.84. The number of likely N-dealkylation sites (tertiary alicyclic amines) is 1. The number of nitrogens with one attached hydrogen (secondary N) is 1. The van der Waals surface area contributed by atoms with E-state index in [9.17, 15) is 18.4 Å². The zero-order valence-electron chi connectivity index (χ0n) is 13.3. The molecular weight excluding hydrogens is 304 g/mol. The van der Waals surface area contributed by atoms with Gasteiger partial charge in [-0.2, -0.15) is 0 Å². The molecule has 0 saturated carbocycles. The van der Waals surface area contributed by atoms with Crippen molar-refractivity contribution in [3.63, 3.8) is 0 Å². The molecule has 2 atom stereocenters. The fraction of sp³-hybridized carbons (Fsp3) is 0.875. The smallest absolute Gasteiger partial charge is 0.317 e. The molecule has 3 aliphatic rings. The number of urea groups is 1. The van der Waals surface area contributed by atoms with Crippen LogP contribution in [0.15, 0.2) is 0 Å². The predicted octanol–water partition coefficient (Wildman–Crippen LogP) is 2.22. The third-order valence-electron chi connectivity index (χ3n) is 5.41. The molecule has 3 amide bonds. The number of fused-ring (bicyclic) bond motifs is 2. The summed E-state index contributed by atoms with van der Waals surface area (Å²) in [5.74, 6) is -0.0451. The molecule has 0 aromatic carbocycles. The van der Waals surface area contributed by atoms with Crippen LogP contribution in [0.5, 0.6) is 0 Å². The number of carbonyl (C=O) groups excluding carboxylic acids is 2. The maximum absolute atomic E-state index is 12.6. The van der Waals surface area contributed by atoms with Gasteiger partial charge in [0.2, 0.25) is 12.3 Å². The molecule has 3 saturated heterocycles. The second-order valence-electron chi connectivity index (χ2n) is 7.00. The molecule has 0 aromatic rings. The number of amides is 3. The molecule has 0 spiro atoms. The van der Waals surface area contributed by atoms with Gasteiger partial charge in [-0.1, -0.05) is 0 Å². The number of alkyl halides is 2. The molecule has 0 aliphatic carbocycles. The van der Waals surface area contributed by atoms with E-state index in [1.54, 1.807) is 4.90 Å². The molecule has 5 nitrogen and oxygen atoms in total. The van der Waals surface area contributed by atoms with Crippen LogP contribution < -0.4 is 5.32 Å². The molecule has 7 heteroatoms. The number of nitrogens with zero attached hydrogens (tertiary/aromatic N) is 2. The monoisotopic (exact) mass is 329 g/mol. The van der Waals surface area contributed by atoms with E-state index in [1.165, 1.54) is 0 Å². The Morgan fingerprint density at radius 1 is 1.09 bits per heavy atom. The molecule has 2 unspecified atom stereocenters. The van der Waals surface area contributed by atoms with Gasteiger partial charge in [-0.05, 0) is 44.4 Å². The van der Waals surface area contributed by atoms with Crippen LogP contribution in [0.2, 0.25) is 0 Å². The van der Waals surface area contributed by atoms with Gasteiger partial charge < -0.3 is 15.1 Å². The van der Waals surface area contributed by atoms with Crippen molar-refractivity contribution in [2.45, 2.75) is 63.5 Å². The summed E-state index contributed by atoms with van der Waals surface area (Å²) in [4.78, 5) is 28.0. The fourth-order valence-corrected chi connectivity index (χ4v) is 4.42.